The minimum Gasteiger partial charge on any atom is -0.396 e. The van der Waals surface area contributed by atoms with Gasteiger partial charge in [0.25, 0.3) is 11.5 Å². The van der Waals surface area contributed by atoms with E-state index in [0.717, 1.165) is 24.0 Å². The number of hydrogen-bond donors (Lipinski definition) is 2. The number of aromatic nitrogens is 2. The van der Waals surface area contributed by atoms with Crippen LogP contribution in [0.2, 0.25) is 0 Å². The van der Waals surface area contributed by atoms with Crippen LogP contribution in [0.25, 0.3) is 11.4 Å². The van der Waals surface area contributed by atoms with Crippen LogP contribution in [0.4, 0.5) is 0 Å². The smallest absolute Gasteiger partial charge is 0.264 e. The zero-order chi connectivity index (χ0) is 17.3. The second-order valence-corrected chi connectivity index (χ2v) is 6.66. The van der Waals surface area contributed by atoms with E-state index in [1.807, 2.05) is 31.2 Å². The fourth-order valence-corrected chi connectivity index (χ4v) is 2.73. The summed E-state index contributed by atoms with van der Waals surface area (Å²) in [6, 6.07) is 7.62. The largest absolute Gasteiger partial charge is 0.396 e. The van der Waals surface area contributed by atoms with Gasteiger partial charge in [0.2, 0.25) is 0 Å². The first-order valence-electron chi connectivity index (χ1n) is 7.97. The minimum absolute atomic E-state index is 0.0158. The van der Waals surface area contributed by atoms with Crippen molar-refractivity contribution in [3.05, 3.63) is 51.9 Å². The molecule has 6 nitrogen and oxygen atoms in total. The summed E-state index contributed by atoms with van der Waals surface area (Å²) in [5, 5.41) is 9.38. The SMILES string of the molecule is Cc1ccc(-c2ncc(C(=O)N(C)CC3(CO)CC3)c(=O)[nH]2)cc1. The quantitative estimate of drug-likeness (QED) is 0.873. The van der Waals surface area contributed by atoms with Crippen LogP contribution < -0.4 is 5.56 Å². The summed E-state index contributed by atoms with van der Waals surface area (Å²) in [4.78, 5) is 33.1. The van der Waals surface area contributed by atoms with Crippen LogP contribution >= 0.6 is 0 Å². The second-order valence-electron chi connectivity index (χ2n) is 6.66. The highest BCUT2D eigenvalue weighted by atomic mass is 16.3. The standard InChI is InChI=1S/C18H21N3O3/c1-12-3-5-13(6-4-12)15-19-9-14(16(23)20-15)17(24)21(2)10-18(11-22)7-8-18/h3-6,9,22H,7-8,10-11H2,1-2H3,(H,19,20,23). The molecule has 1 heterocycles. The Bertz CT molecular complexity index is 807. The molecule has 24 heavy (non-hydrogen) atoms. The maximum Gasteiger partial charge on any atom is 0.264 e. The molecule has 3 rings (SSSR count). The average Bonchev–Trinajstić information content (AvgIpc) is 3.35. The van der Waals surface area contributed by atoms with E-state index in [9.17, 15) is 14.7 Å². The molecule has 0 aliphatic heterocycles. The van der Waals surface area contributed by atoms with Crippen LogP contribution in [0.3, 0.4) is 0 Å². The normalized spacial score (nSPS) is 15.1. The Morgan fingerprint density at radius 3 is 2.54 bits per heavy atom. The van der Waals surface area contributed by atoms with E-state index in [1.165, 1.54) is 11.1 Å². The van der Waals surface area contributed by atoms with Crippen molar-refractivity contribution in [2.75, 3.05) is 20.2 Å². The van der Waals surface area contributed by atoms with Crippen molar-refractivity contribution in [3.63, 3.8) is 0 Å². The summed E-state index contributed by atoms with van der Waals surface area (Å²) in [5.74, 6) is 0.0622. The number of carbonyl (C=O) groups is 1. The molecule has 1 aromatic carbocycles. The first-order valence-corrected chi connectivity index (χ1v) is 7.97. The van der Waals surface area contributed by atoms with Gasteiger partial charge in [0.1, 0.15) is 11.4 Å². The van der Waals surface area contributed by atoms with Crippen LogP contribution in [-0.2, 0) is 0 Å². The lowest BCUT2D eigenvalue weighted by Crippen LogP contribution is -2.37. The number of hydrogen-bond acceptors (Lipinski definition) is 4. The zero-order valence-corrected chi connectivity index (χ0v) is 13.9. The summed E-state index contributed by atoms with van der Waals surface area (Å²) < 4.78 is 0. The van der Waals surface area contributed by atoms with Crippen LogP contribution in [0.5, 0.6) is 0 Å². The maximum atomic E-state index is 12.5. The van der Waals surface area contributed by atoms with E-state index in [4.69, 9.17) is 0 Å². The number of benzene rings is 1. The van der Waals surface area contributed by atoms with Gasteiger partial charge in [0.15, 0.2) is 0 Å². The fourth-order valence-electron chi connectivity index (χ4n) is 2.73. The summed E-state index contributed by atoms with van der Waals surface area (Å²) in [6.45, 7) is 2.49. The summed E-state index contributed by atoms with van der Waals surface area (Å²) in [7, 11) is 1.64. The molecule has 0 radical (unpaired) electrons. The number of H-pyrrole nitrogens is 1. The highest BCUT2D eigenvalue weighted by Crippen LogP contribution is 2.45. The highest BCUT2D eigenvalue weighted by molar-refractivity contribution is 5.93. The predicted octanol–water partition coefficient (Wildman–Crippen LogP) is 1.59. The van der Waals surface area contributed by atoms with Gasteiger partial charge in [0, 0.05) is 30.8 Å². The number of nitrogens with one attached hydrogen (secondary N) is 1. The molecule has 0 atom stereocenters. The van der Waals surface area contributed by atoms with Crippen molar-refractivity contribution in [1.29, 1.82) is 0 Å². The van der Waals surface area contributed by atoms with Gasteiger partial charge in [-0.1, -0.05) is 29.8 Å². The topological polar surface area (TPSA) is 86.3 Å². The van der Waals surface area contributed by atoms with Crippen molar-refractivity contribution < 1.29 is 9.90 Å². The van der Waals surface area contributed by atoms with Crippen LogP contribution in [0.1, 0.15) is 28.8 Å². The Labute approximate surface area is 140 Å². The Hall–Kier alpha value is -2.47. The lowest BCUT2D eigenvalue weighted by molar-refractivity contribution is 0.0731. The third-order valence-corrected chi connectivity index (χ3v) is 4.57. The molecule has 1 aliphatic carbocycles. The van der Waals surface area contributed by atoms with E-state index in [1.54, 1.807) is 7.05 Å². The molecule has 0 unspecified atom stereocenters. The van der Waals surface area contributed by atoms with E-state index in [0.29, 0.717) is 12.4 Å². The molecular formula is C18H21N3O3. The molecule has 2 aromatic rings. The summed E-state index contributed by atoms with van der Waals surface area (Å²) in [6.07, 6.45) is 3.13. The second kappa shape index (κ2) is 6.20. The number of aryl methyl sites for hydroxylation is 1. The third-order valence-electron chi connectivity index (χ3n) is 4.57. The number of rotatable bonds is 5. The van der Waals surface area contributed by atoms with Crippen LogP contribution in [-0.4, -0.2) is 46.1 Å². The lowest BCUT2D eigenvalue weighted by atomic mass is 10.1. The number of aliphatic hydroxyl groups is 1. The van der Waals surface area contributed by atoms with E-state index in [2.05, 4.69) is 9.97 Å². The molecule has 1 amide bonds. The molecule has 1 aromatic heterocycles. The molecule has 1 fully saturated rings. The van der Waals surface area contributed by atoms with Gasteiger partial charge in [-0.2, -0.15) is 0 Å². The predicted molar refractivity (Wildman–Crippen MR) is 90.7 cm³/mol. The number of nitrogens with zero attached hydrogens (tertiary/aromatic N) is 2. The summed E-state index contributed by atoms with van der Waals surface area (Å²) >= 11 is 0. The Morgan fingerprint density at radius 2 is 2.00 bits per heavy atom. The molecule has 0 bridgehead atoms. The average molecular weight is 327 g/mol. The molecule has 0 spiro atoms. The van der Waals surface area contributed by atoms with Crippen molar-refractivity contribution in [1.82, 2.24) is 14.9 Å². The first kappa shape index (κ1) is 16.4. The molecule has 126 valence electrons. The lowest BCUT2D eigenvalue weighted by Gasteiger charge is -2.22. The van der Waals surface area contributed by atoms with E-state index in [-0.39, 0.29) is 23.5 Å². The molecule has 0 saturated heterocycles. The molecule has 1 saturated carbocycles. The van der Waals surface area contributed by atoms with Gasteiger partial charge in [0.05, 0.1) is 6.61 Å². The van der Waals surface area contributed by atoms with Gasteiger partial charge in [-0.3, -0.25) is 9.59 Å². The Balaban J connectivity index is 1.80. The van der Waals surface area contributed by atoms with Crippen LogP contribution in [0.15, 0.2) is 35.3 Å². The number of aromatic amines is 1. The van der Waals surface area contributed by atoms with Crippen molar-refractivity contribution in [2.45, 2.75) is 19.8 Å². The van der Waals surface area contributed by atoms with Gasteiger partial charge in [-0.15, -0.1) is 0 Å². The fraction of sp³-hybridized carbons (Fsp3) is 0.389. The number of aliphatic hydroxyl groups excluding tert-OH is 1. The highest BCUT2D eigenvalue weighted by Gasteiger charge is 2.43. The monoisotopic (exact) mass is 327 g/mol. The Morgan fingerprint density at radius 1 is 1.33 bits per heavy atom. The van der Waals surface area contributed by atoms with Crippen molar-refractivity contribution in [2.24, 2.45) is 5.41 Å². The zero-order valence-electron chi connectivity index (χ0n) is 13.9. The first-order chi connectivity index (χ1) is 11.4. The van der Waals surface area contributed by atoms with Crippen molar-refractivity contribution in [3.8, 4) is 11.4 Å². The van der Waals surface area contributed by atoms with E-state index >= 15 is 0 Å². The van der Waals surface area contributed by atoms with Gasteiger partial charge >= 0.3 is 0 Å². The molecular weight excluding hydrogens is 306 g/mol. The van der Waals surface area contributed by atoms with Gasteiger partial charge in [-0.05, 0) is 19.8 Å². The molecule has 6 heteroatoms. The van der Waals surface area contributed by atoms with Gasteiger partial charge < -0.3 is 15.0 Å². The summed E-state index contributed by atoms with van der Waals surface area (Å²) in [5.41, 5.74) is 1.29. The Kier molecular flexibility index (Phi) is 4.24. The van der Waals surface area contributed by atoms with E-state index < -0.39 is 5.56 Å². The molecule has 1 aliphatic rings. The van der Waals surface area contributed by atoms with Crippen molar-refractivity contribution >= 4 is 5.91 Å². The molecule has 2 N–H and O–H groups in total. The minimum atomic E-state index is -0.453. The van der Waals surface area contributed by atoms with Crippen LogP contribution in [0, 0.1) is 12.3 Å². The maximum absolute atomic E-state index is 12.5. The third kappa shape index (κ3) is 3.23. The number of amides is 1. The number of carbonyl (C=O) groups excluding carboxylic acids is 1. The van der Waals surface area contributed by atoms with Gasteiger partial charge in [-0.25, -0.2) is 4.98 Å².